The second-order valence-corrected chi connectivity index (χ2v) is 11.9. The summed E-state index contributed by atoms with van der Waals surface area (Å²) in [5.41, 5.74) is 3.66. The maximum atomic E-state index is 9.95. The first-order valence-electron chi connectivity index (χ1n) is 11.7. The number of benzene rings is 4. The van der Waals surface area contributed by atoms with Crippen molar-refractivity contribution in [2.24, 2.45) is 9.98 Å². The van der Waals surface area contributed by atoms with Gasteiger partial charge in [0, 0.05) is 32.5 Å². The van der Waals surface area contributed by atoms with E-state index in [1.54, 1.807) is 24.6 Å². The molecule has 0 spiro atoms. The Morgan fingerprint density at radius 1 is 0.579 bits per heavy atom. The van der Waals surface area contributed by atoms with E-state index in [0.29, 0.717) is 20.1 Å². The standard InChI is InChI=1S/2C15H13Br2NO/c2*1-10(11-5-3-2-4-6-11)18-9-12-7-13(16)8-14(17)15(12)19/h2*2-10,19H,1H3/t2*10-/m11/s1. The van der Waals surface area contributed by atoms with Gasteiger partial charge in [-0.05, 0) is 81.1 Å². The highest BCUT2D eigenvalue weighted by Crippen LogP contribution is 2.32. The molecule has 8 heteroatoms. The molecule has 0 heterocycles. The van der Waals surface area contributed by atoms with Gasteiger partial charge >= 0.3 is 0 Å². The largest absolute Gasteiger partial charge is 0.506 e. The van der Waals surface area contributed by atoms with Crippen molar-refractivity contribution < 1.29 is 10.2 Å². The summed E-state index contributed by atoms with van der Waals surface area (Å²) >= 11 is 13.4. The Balaban J connectivity index is 0.000000211. The zero-order chi connectivity index (χ0) is 27.7. The van der Waals surface area contributed by atoms with Gasteiger partial charge in [0.15, 0.2) is 0 Å². The molecule has 0 bridgehead atoms. The number of nitrogens with zero attached hydrogens (tertiary/aromatic N) is 2. The van der Waals surface area contributed by atoms with E-state index in [-0.39, 0.29) is 23.6 Å². The average molecular weight is 766 g/mol. The van der Waals surface area contributed by atoms with Crippen LogP contribution in [0.1, 0.15) is 48.2 Å². The minimum atomic E-state index is 0.0540. The number of hydrogen-bond donors (Lipinski definition) is 2. The minimum Gasteiger partial charge on any atom is -0.506 e. The lowest BCUT2D eigenvalue weighted by molar-refractivity contribution is 0.470. The molecule has 0 radical (unpaired) electrons. The van der Waals surface area contributed by atoms with Crippen LogP contribution in [0.4, 0.5) is 0 Å². The van der Waals surface area contributed by atoms with Crippen LogP contribution in [0.2, 0.25) is 0 Å². The molecule has 4 rings (SSSR count). The zero-order valence-corrected chi connectivity index (χ0v) is 27.0. The lowest BCUT2D eigenvalue weighted by atomic mass is 10.1. The first-order valence-corrected chi connectivity index (χ1v) is 14.8. The molecule has 2 N–H and O–H groups in total. The number of phenolic OH excluding ortho intramolecular Hbond substituents is 2. The predicted octanol–water partition coefficient (Wildman–Crippen LogP) is 10.2. The highest BCUT2D eigenvalue weighted by Gasteiger charge is 2.08. The summed E-state index contributed by atoms with van der Waals surface area (Å²) in [5.74, 6) is 0.402. The summed E-state index contributed by atoms with van der Waals surface area (Å²) in [6.45, 7) is 4.05. The minimum absolute atomic E-state index is 0.0540. The molecule has 0 aliphatic carbocycles. The van der Waals surface area contributed by atoms with Crippen molar-refractivity contribution in [3.05, 3.63) is 125 Å². The van der Waals surface area contributed by atoms with Crippen LogP contribution < -0.4 is 0 Å². The van der Waals surface area contributed by atoms with Gasteiger partial charge in [-0.15, -0.1) is 0 Å². The number of phenols is 2. The van der Waals surface area contributed by atoms with Crippen LogP contribution in [-0.2, 0) is 0 Å². The summed E-state index contributed by atoms with van der Waals surface area (Å²) < 4.78 is 3.09. The highest BCUT2D eigenvalue weighted by molar-refractivity contribution is 9.11. The third-order valence-corrected chi connectivity index (χ3v) is 7.68. The third kappa shape index (κ3) is 8.90. The van der Waals surface area contributed by atoms with Gasteiger partial charge in [-0.2, -0.15) is 0 Å². The molecule has 196 valence electrons. The first-order chi connectivity index (χ1) is 18.2. The van der Waals surface area contributed by atoms with Crippen molar-refractivity contribution >= 4 is 76.1 Å². The normalized spacial score (nSPS) is 12.8. The van der Waals surface area contributed by atoms with E-state index in [2.05, 4.69) is 73.7 Å². The average Bonchev–Trinajstić information content (AvgIpc) is 2.92. The number of hydrogen-bond acceptors (Lipinski definition) is 4. The van der Waals surface area contributed by atoms with Crippen LogP contribution in [0.3, 0.4) is 0 Å². The molecular weight excluding hydrogens is 740 g/mol. The molecule has 0 amide bonds. The van der Waals surface area contributed by atoms with E-state index in [9.17, 15) is 10.2 Å². The molecule has 0 aliphatic rings. The molecule has 0 saturated heterocycles. The van der Waals surface area contributed by atoms with E-state index in [1.807, 2.05) is 86.6 Å². The van der Waals surface area contributed by atoms with Crippen LogP contribution in [0, 0.1) is 0 Å². The van der Waals surface area contributed by atoms with Gasteiger partial charge < -0.3 is 10.2 Å². The van der Waals surface area contributed by atoms with Gasteiger partial charge in [-0.25, -0.2) is 0 Å². The molecule has 0 fully saturated rings. The quantitative estimate of drug-likeness (QED) is 0.192. The third-order valence-electron chi connectivity index (χ3n) is 5.55. The van der Waals surface area contributed by atoms with Crippen LogP contribution in [-0.4, -0.2) is 22.6 Å². The molecule has 2 atom stereocenters. The second-order valence-electron chi connectivity index (χ2n) is 8.38. The van der Waals surface area contributed by atoms with E-state index < -0.39 is 0 Å². The summed E-state index contributed by atoms with van der Waals surface area (Å²) in [5, 5.41) is 19.9. The van der Waals surface area contributed by atoms with Gasteiger partial charge in [0.2, 0.25) is 0 Å². The highest BCUT2D eigenvalue weighted by atomic mass is 79.9. The van der Waals surface area contributed by atoms with Crippen LogP contribution in [0.5, 0.6) is 11.5 Å². The Labute approximate surface area is 257 Å². The summed E-state index contributed by atoms with van der Waals surface area (Å²) in [6, 6.07) is 27.5. The molecule has 0 aliphatic heterocycles. The summed E-state index contributed by atoms with van der Waals surface area (Å²) in [7, 11) is 0. The number of aliphatic imine (C=N–C) groups is 2. The number of halogens is 4. The van der Waals surface area contributed by atoms with Crippen molar-refractivity contribution in [1.29, 1.82) is 0 Å². The van der Waals surface area contributed by atoms with Crippen LogP contribution >= 0.6 is 63.7 Å². The molecule has 0 unspecified atom stereocenters. The lowest BCUT2D eigenvalue weighted by Gasteiger charge is -2.07. The molecule has 38 heavy (non-hydrogen) atoms. The van der Waals surface area contributed by atoms with Crippen molar-refractivity contribution in [1.82, 2.24) is 0 Å². The molecule has 0 aromatic heterocycles. The maximum absolute atomic E-state index is 9.95. The van der Waals surface area contributed by atoms with Crippen LogP contribution in [0.25, 0.3) is 0 Å². The van der Waals surface area contributed by atoms with Gasteiger partial charge in [0.25, 0.3) is 0 Å². The van der Waals surface area contributed by atoms with E-state index in [1.165, 1.54) is 0 Å². The molecule has 4 nitrogen and oxygen atoms in total. The van der Waals surface area contributed by atoms with Crippen LogP contribution in [0.15, 0.2) is 113 Å². The van der Waals surface area contributed by atoms with Gasteiger partial charge in [-0.1, -0.05) is 92.5 Å². The van der Waals surface area contributed by atoms with Crippen molar-refractivity contribution in [2.75, 3.05) is 0 Å². The number of rotatable bonds is 6. The topological polar surface area (TPSA) is 65.2 Å². The fraction of sp³-hybridized carbons (Fsp3) is 0.133. The fourth-order valence-electron chi connectivity index (χ4n) is 3.39. The Morgan fingerprint density at radius 3 is 1.26 bits per heavy atom. The number of aromatic hydroxyl groups is 2. The van der Waals surface area contributed by atoms with Crippen molar-refractivity contribution in [2.45, 2.75) is 25.9 Å². The summed E-state index contributed by atoms with van der Waals surface area (Å²) in [4.78, 5) is 8.96. The maximum Gasteiger partial charge on any atom is 0.138 e. The van der Waals surface area contributed by atoms with Gasteiger partial charge in [0.1, 0.15) is 11.5 Å². The Kier molecular flexibility index (Phi) is 11.8. The Hall–Kier alpha value is -2.26. The van der Waals surface area contributed by atoms with Gasteiger partial charge in [-0.3, -0.25) is 9.98 Å². The lowest BCUT2D eigenvalue weighted by Crippen LogP contribution is -1.91. The molecular formula is C30H26Br4N2O2. The summed E-state index contributed by atoms with van der Waals surface area (Å²) in [6.07, 6.45) is 3.39. The SMILES string of the molecule is C[C@@H](N=Cc1cc(Br)cc(Br)c1O)c1ccccc1.C[C@@H](N=Cc1cc(Br)cc(Br)c1O)c1ccccc1. The van der Waals surface area contributed by atoms with Crippen molar-refractivity contribution in [3.63, 3.8) is 0 Å². The monoisotopic (exact) mass is 762 g/mol. The zero-order valence-electron chi connectivity index (χ0n) is 20.7. The van der Waals surface area contributed by atoms with E-state index in [4.69, 9.17) is 0 Å². The van der Waals surface area contributed by atoms with Gasteiger partial charge in [0.05, 0.1) is 21.0 Å². The van der Waals surface area contributed by atoms with Crippen molar-refractivity contribution in [3.8, 4) is 11.5 Å². The van der Waals surface area contributed by atoms with E-state index >= 15 is 0 Å². The van der Waals surface area contributed by atoms with E-state index in [0.717, 1.165) is 20.1 Å². The smallest absolute Gasteiger partial charge is 0.138 e. The fourth-order valence-corrected chi connectivity index (χ4v) is 5.90. The predicted molar refractivity (Wildman–Crippen MR) is 172 cm³/mol. The molecule has 0 saturated carbocycles. The Bertz CT molecular complexity index is 1300. The molecule has 4 aromatic carbocycles. The Morgan fingerprint density at radius 2 is 0.921 bits per heavy atom. The molecule has 4 aromatic rings. The first kappa shape index (κ1) is 30.3. The second kappa shape index (κ2) is 14.8.